The molecule has 4 heteroatoms. The van der Waals surface area contributed by atoms with Crippen LogP contribution in [0.5, 0.6) is 0 Å². The van der Waals surface area contributed by atoms with Crippen LogP contribution < -0.4 is 5.32 Å². The summed E-state index contributed by atoms with van der Waals surface area (Å²) in [7, 11) is 2.22. The standard InChI is InChI=1S/C17H32N4/c1-14(2)19-17(12-18)8-6-7-15(11-17)21-10-9-20(5)16(3,4)13-21/h14-15,19H,6-11,13H2,1-5H3. The van der Waals surface area contributed by atoms with Crippen molar-refractivity contribution in [3.63, 3.8) is 0 Å². The van der Waals surface area contributed by atoms with E-state index in [4.69, 9.17) is 0 Å². The summed E-state index contributed by atoms with van der Waals surface area (Å²) in [6.45, 7) is 12.3. The van der Waals surface area contributed by atoms with Crippen molar-refractivity contribution in [1.29, 1.82) is 5.26 Å². The van der Waals surface area contributed by atoms with Crippen molar-refractivity contribution in [2.24, 2.45) is 0 Å². The molecule has 1 aliphatic heterocycles. The van der Waals surface area contributed by atoms with Gasteiger partial charge in [-0.1, -0.05) is 0 Å². The minimum absolute atomic E-state index is 0.233. The number of hydrogen-bond acceptors (Lipinski definition) is 4. The topological polar surface area (TPSA) is 42.3 Å². The molecule has 0 aromatic rings. The number of nitriles is 1. The summed E-state index contributed by atoms with van der Waals surface area (Å²) in [5, 5.41) is 13.3. The lowest BCUT2D eigenvalue weighted by atomic mass is 9.78. The molecular weight excluding hydrogens is 260 g/mol. The Morgan fingerprint density at radius 2 is 2.00 bits per heavy atom. The van der Waals surface area contributed by atoms with Crippen molar-refractivity contribution in [2.45, 2.75) is 76.5 Å². The first kappa shape index (κ1) is 16.7. The molecule has 1 saturated heterocycles. The monoisotopic (exact) mass is 292 g/mol. The Hall–Kier alpha value is -0.630. The highest BCUT2D eigenvalue weighted by molar-refractivity contribution is 5.12. The van der Waals surface area contributed by atoms with Gasteiger partial charge in [0, 0.05) is 37.3 Å². The third-order valence-corrected chi connectivity index (χ3v) is 5.37. The number of nitrogens with zero attached hydrogens (tertiary/aromatic N) is 3. The maximum absolute atomic E-state index is 9.71. The highest BCUT2D eigenvalue weighted by Gasteiger charge is 2.41. The van der Waals surface area contributed by atoms with Gasteiger partial charge in [0.1, 0.15) is 5.54 Å². The van der Waals surface area contributed by atoms with Crippen molar-refractivity contribution in [1.82, 2.24) is 15.1 Å². The van der Waals surface area contributed by atoms with Crippen LogP contribution in [0.25, 0.3) is 0 Å². The summed E-state index contributed by atoms with van der Waals surface area (Å²) in [4.78, 5) is 5.09. The largest absolute Gasteiger partial charge is 0.299 e. The van der Waals surface area contributed by atoms with E-state index in [1.165, 1.54) is 6.42 Å². The van der Waals surface area contributed by atoms with Crippen molar-refractivity contribution in [3.8, 4) is 6.07 Å². The second-order valence-corrected chi connectivity index (χ2v) is 7.95. The summed E-state index contributed by atoms with van der Waals surface area (Å²) in [6.07, 6.45) is 4.37. The minimum atomic E-state index is -0.315. The average molecular weight is 292 g/mol. The maximum Gasteiger partial charge on any atom is 0.108 e. The van der Waals surface area contributed by atoms with Gasteiger partial charge in [-0.05, 0) is 60.4 Å². The zero-order chi connectivity index (χ0) is 15.7. The third-order valence-electron chi connectivity index (χ3n) is 5.37. The van der Waals surface area contributed by atoms with E-state index in [9.17, 15) is 5.26 Å². The highest BCUT2D eigenvalue weighted by atomic mass is 15.3. The Kier molecular flexibility index (Phi) is 4.97. The molecule has 2 aliphatic rings. The fraction of sp³-hybridized carbons (Fsp3) is 0.941. The number of nitrogens with one attached hydrogen (secondary N) is 1. The molecule has 1 heterocycles. The molecule has 1 aliphatic carbocycles. The zero-order valence-electron chi connectivity index (χ0n) is 14.4. The summed E-state index contributed by atoms with van der Waals surface area (Å²) >= 11 is 0. The van der Waals surface area contributed by atoms with Gasteiger partial charge in [0.25, 0.3) is 0 Å². The fourth-order valence-corrected chi connectivity index (χ4v) is 3.96. The molecule has 4 nitrogen and oxygen atoms in total. The second kappa shape index (κ2) is 6.24. The second-order valence-electron chi connectivity index (χ2n) is 7.95. The van der Waals surface area contributed by atoms with E-state index in [0.717, 1.165) is 38.9 Å². The van der Waals surface area contributed by atoms with E-state index < -0.39 is 0 Å². The van der Waals surface area contributed by atoms with E-state index in [2.05, 4.69) is 55.9 Å². The normalized spacial score (nSPS) is 34.8. The van der Waals surface area contributed by atoms with Crippen LogP contribution in [-0.2, 0) is 0 Å². The first-order valence-corrected chi connectivity index (χ1v) is 8.42. The number of piperazine rings is 1. The molecule has 1 N–H and O–H groups in total. The van der Waals surface area contributed by atoms with E-state index in [0.29, 0.717) is 12.1 Å². The van der Waals surface area contributed by atoms with Gasteiger partial charge in [0.15, 0.2) is 0 Å². The number of rotatable bonds is 3. The quantitative estimate of drug-likeness (QED) is 0.866. The van der Waals surface area contributed by atoms with Gasteiger partial charge in [0.05, 0.1) is 6.07 Å². The first-order chi connectivity index (χ1) is 9.78. The van der Waals surface area contributed by atoms with Crippen LogP contribution in [0.3, 0.4) is 0 Å². The van der Waals surface area contributed by atoms with Gasteiger partial charge < -0.3 is 0 Å². The zero-order valence-corrected chi connectivity index (χ0v) is 14.4. The molecule has 0 amide bonds. The van der Waals surface area contributed by atoms with E-state index in [1.54, 1.807) is 0 Å². The molecule has 0 spiro atoms. The molecule has 2 atom stereocenters. The first-order valence-electron chi connectivity index (χ1n) is 8.42. The Bertz CT molecular complexity index is 398. The molecule has 0 aromatic heterocycles. The van der Waals surface area contributed by atoms with Crippen molar-refractivity contribution in [3.05, 3.63) is 0 Å². The molecule has 0 radical (unpaired) electrons. The third kappa shape index (κ3) is 3.77. The van der Waals surface area contributed by atoms with Gasteiger partial charge in [-0.3, -0.25) is 15.1 Å². The molecular formula is C17H32N4. The summed E-state index contributed by atoms with van der Waals surface area (Å²) in [5.41, 5.74) is -0.0823. The fourth-order valence-electron chi connectivity index (χ4n) is 3.96. The molecule has 0 bridgehead atoms. The van der Waals surface area contributed by atoms with E-state index in [1.807, 2.05) is 0 Å². The van der Waals surface area contributed by atoms with Crippen LogP contribution in [0.1, 0.15) is 53.4 Å². The van der Waals surface area contributed by atoms with Gasteiger partial charge in [-0.2, -0.15) is 5.26 Å². The smallest absolute Gasteiger partial charge is 0.108 e. The Balaban J connectivity index is 2.06. The Morgan fingerprint density at radius 1 is 1.29 bits per heavy atom. The molecule has 1 saturated carbocycles. The van der Waals surface area contributed by atoms with Crippen molar-refractivity contribution >= 4 is 0 Å². The molecule has 0 aromatic carbocycles. The maximum atomic E-state index is 9.71. The van der Waals surface area contributed by atoms with Crippen LogP contribution >= 0.6 is 0 Å². The number of hydrogen-bond donors (Lipinski definition) is 1. The van der Waals surface area contributed by atoms with E-state index >= 15 is 0 Å². The predicted octanol–water partition coefficient (Wildman–Crippen LogP) is 2.22. The van der Waals surface area contributed by atoms with E-state index in [-0.39, 0.29) is 11.1 Å². The molecule has 2 unspecified atom stereocenters. The minimum Gasteiger partial charge on any atom is -0.299 e. The highest BCUT2D eigenvalue weighted by Crippen LogP contribution is 2.33. The van der Waals surface area contributed by atoms with Crippen LogP contribution in [0, 0.1) is 11.3 Å². The van der Waals surface area contributed by atoms with Crippen LogP contribution in [0.4, 0.5) is 0 Å². The summed E-state index contributed by atoms with van der Waals surface area (Å²) in [6, 6.07) is 3.52. The molecule has 2 fully saturated rings. The Labute approximate surface area is 130 Å². The average Bonchev–Trinajstić information content (AvgIpc) is 2.41. The lowest BCUT2D eigenvalue weighted by Crippen LogP contribution is -2.62. The lowest BCUT2D eigenvalue weighted by molar-refractivity contribution is -0.000272. The van der Waals surface area contributed by atoms with Crippen LogP contribution in [-0.4, -0.2) is 59.6 Å². The SMILES string of the molecule is CC(C)NC1(C#N)CCCC(N2CCN(C)C(C)(C)C2)C1. The predicted molar refractivity (Wildman–Crippen MR) is 87.2 cm³/mol. The van der Waals surface area contributed by atoms with Crippen LogP contribution in [0.15, 0.2) is 0 Å². The molecule has 2 rings (SSSR count). The summed E-state index contributed by atoms with van der Waals surface area (Å²) in [5.74, 6) is 0. The molecule has 120 valence electrons. The van der Waals surface area contributed by atoms with Crippen molar-refractivity contribution in [2.75, 3.05) is 26.7 Å². The van der Waals surface area contributed by atoms with Gasteiger partial charge in [0.2, 0.25) is 0 Å². The van der Waals surface area contributed by atoms with Gasteiger partial charge in [-0.25, -0.2) is 0 Å². The summed E-state index contributed by atoms with van der Waals surface area (Å²) < 4.78 is 0. The lowest BCUT2D eigenvalue weighted by Gasteiger charge is -2.50. The van der Waals surface area contributed by atoms with Crippen LogP contribution in [0.2, 0.25) is 0 Å². The Morgan fingerprint density at radius 3 is 2.57 bits per heavy atom. The van der Waals surface area contributed by atoms with Gasteiger partial charge in [-0.15, -0.1) is 0 Å². The van der Waals surface area contributed by atoms with Gasteiger partial charge >= 0.3 is 0 Å². The number of likely N-dealkylation sites (N-methyl/N-ethyl adjacent to an activating group) is 1. The van der Waals surface area contributed by atoms with Crippen molar-refractivity contribution < 1.29 is 0 Å². The molecule has 21 heavy (non-hydrogen) atoms.